The van der Waals surface area contributed by atoms with Crippen molar-refractivity contribution in [2.45, 2.75) is 19.8 Å². The van der Waals surface area contributed by atoms with E-state index >= 15 is 0 Å². The van der Waals surface area contributed by atoms with Crippen LogP contribution >= 0.6 is 15.9 Å². The highest BCUT2D eigenvalue weighted by Gasteiger charge is 1.68. The number of allylic oxidation sites excluding steroid dienone is 4. The molecule has 0 amide bonds. The molecule has 0 saturated heterocycles. The second-order valence-corrected chi connectivity index (χ2v) is 2.45. The third kappa shape index (κ3) is 7.96. The summed E-state index contributed by atoms with van der Waals surface area (Å²) in [5.41, 5.74) is 0. The van der Waals surface area contributed by atoms with Gasteiger partial charge in [0, 0.05) is 5.33 Å². The second kappa shape index (κ2) is 7.96. The van der Waals surface area contributed by atoms with E-state index in [9.17, 15) is 0 Å². The summed E-state index contributed by atoms with van der Waals surface area (Å²) in [6.45, 7) is 2.18. The molecule has 0 N–H and O–H groups in total. The average molecular weight is 189 g/mol. The number of halogens is 1. The molecule has 0 aromatic heterocycles. The molecule has 0 nitrogen and oxygen atoms in total. The largest absolute Gasteiger partial charge is 0.0883 e. The van der Waals surface area contributed by atoms with Crippen LogP contribution in [-0.4, -0.2) is 5.33 Å². The zero-order valence-electron chi connectivity index (χ0n) is 5.81. The first kappa shape index (κ1) is 8.96. The fourth-order valence-corrected chi connectivity index (χ4v) is 0.687. The van der Waals surface area contributed by atoms with E-state index in [0.29, 0.717) is 0 Å². The topological polar surface area (TPSA) is 0 Å². The lowest BCUT2D eigenvalue weighted by Crippen LogP contribution is -1.59. The number of alkyl halides is 1. The predicted molar refractivity (Wildman–Crippen MR) is 47.0 cm³/mol. The van der Waals surface area contributed by atoms with Crippen LogP contribution < -0.4 is 0 Å². The van der Waals surface area contributed by atoms with Gasteiger partial charge in [-0.1, -0.05) is 53.6 Å². The van der Waals surface area contributed by atoms with E-state index in [-0.39, 0.29) is 0 Å². The molecule has 0 bridgehead atoms. The molecule has 0 rings (SSSR count). The summed E-state index contributed by atoms with van der Waals surface area (Å²) in [5, 5.41) is 0.948. The zero-order valence-corrected chi connectivity index (χ0v) is 7.39. The summed E-state index contributed by atoms with van der Waals surface area (Å²) in [6.07, 6.45) is 10.8. The molecule has 0 aromatic carbocycles. The summed E-state index contributed by atoms with van der Waals surface area (Å²) in [4.78, 5) is 0. The van der Waals surface area contributed by atoms with Crippen molar-refractivity contribution in [3.8, 4) is 0 Å². The number of unbranched alkanes of at least 4 members (excludes halogenated alkanes) is 1. The summed E-state index contributed by atoms with van der Waals surface area (Å²) in [5.74, 6) is 0. The first-order valence-corrected chi connectivity index (χ1v) is 4.41. The van der Waals surface area contributed by atoms with Gasteiger partial charge in [0.1, 0.15) is 0 Å². The van der Waals surface area contributed by atoms with Gasteiger partial charge < -0.3 is 0 Å². The van der Waals surface area contributed by atoms with Gasteiger partial charge in [-0.15, -0.1) is 0 Å². The molecular weight excluding hydrogens is 176 g/mol. The first-order valence-electron chi connectivity index (χ1n) is 3.29. The van der Waals surface area contributed by atoms with Gasteiger partial charge in [0.15, 0.2) is 0 Å². The van der Waals surface area contributed by atoms with Crippen LogP contribution in [0.25, 0.3) is 0 Å². The Kier molecular flexibility index (Phi) is 7.92. The Bertz CT molecular complexity index is 92.7. The zero-order chi connectivity index (χ0) is 6.95. The Hall–Kier alpha value is -0.0400. The maximum absolute atomic E-state index is 3.30. The highest BCUT2D eigenvalue weighted by atomic mass is 79.9. The van der Waals surface area contributed by atoms with Crippen molar-refractivity contribution in [1.29, 1.82) is 0 Å². The Morgan fingerprint density at radius 3 is 2.44 bits per heavy atom. The Morgan fingerprint density at radius 2 is 1.89 bits per heavy atom. The third-order valence-corrected chi connectivity index (χ3v) is 1.30. The lowest BCUT2D eigenvalue weighted by Gasteiger charge is -1.79. The minimum absolute atomic E-state index is 0.948. The quantitative estimate of drug-likeness (QED) is 0.470. The van der Waals surface area contributed by atoms with E-state index in [2.05, 4.69) is 47.2 Å². The van der Waals surface area contributed by atoms with E-state index in [1.54, 1.807) is 0 Å². The van der Waals surface area contributed by atoms with Crippen LogP contribution in [0, 0.1) is 0 Å². The molecular formula is C8H13Br. The standard InChI is InChI=1S/C8H13Br/c1-2-3-4-5-6-7-8-9/h4-7H,2-3,8H2,1H3/b5-4+,7-6+. The van der Waals surface area contributed by atoms with Crippen molar-refractivity contribution in [3.63, 3.8) is 0 Å². The van der Waals surface area contributed by atoms with Crippen LogP contribution in [0.5, 0.6) is 0 Å². The predicted octanol–water partition coefficient (Wildman–Crippen LogP) is 3.29. The molecule has 1 heteroatoms. The molecule has 0 saturated carbocycles. The van der Waals surface area contributed by atoms with Crippen LogP contribution in [0.4, 0.5) is 0 Å². The molecule has 0 aromatic rings. The van der Waals surface area contributed by atoms with Gasteiger partial charge in [0.2, 0.25) is 0 Å². The van der Waals surface area contributed by atoms with Gasteiger partial charge in [-0.25, -0.2) is 0 Å². The smallest absolute Gasteiger partial charge is 0.0215 e. The van der Waals surface area contributed by atoms with Crippen molar-refractivity contribution in [2.75, 3.05) is 5.33 Å². The Morgan fingerprint density at radius 1 is 1.22 bits per heavy atom. The van der Waals surface area contributed by atoms with Crippen LogP contribution in [0.15, 0.2) is 24.3 Å². The molecule has 0 unspecified atom stereocenters. The molecule has 9 heavy (non-hydrogen) atoms. The van der Waals surface area contributed by atoms with Gasteiger partial charge in [-0.05, 0) is 6.42 Å². The van der Waals surface area contributed by atoms with Crippen molar-refractivity contribution in [1.82, 2.24) is 0 Å². The summed E-state index contributed by atoms with van der Waals surface area (Å²) in [7, 11) is 0. The lowest BCUT2D eigenvalue weighted by molar-refractivity contribution is 0.959. The summed E-state index contributed by atoms with van der Waals surface area (Å²) in [6, 6.07) is 0. The van der Waals surface area contributed by atoms with Crippen LogP contribution in [0.1, 0.15) is 19.8 Å². The molecule has 0 radical (unpaired) electrons. The van der Waals surface area contributed by atoms with Crippen molar-refractivity contribution < 1.29 is 0 Å². The monoisotopic (exact) mass is 188 g/mol. The number of hydrogen-bond acceptors (Lipinski definition) is 0. The molecule has 0 heterocycles. The molecule has 0 aliphatic rings. The normalized spacial score (nSPS) is 11.8. The van der Waals surface area contributed by atoms with Gasteiger partial charge >= 0.3 is 0 Å². The van der Waals surface area contributed by atoms with Gasteiger partial charge in [-0.2, -0.15) is 0 Å². The van der Waals surface area contributed by atoms with Gasteiger partial charge in [0.25, 0.3) is 0 Å². The maximum atomic E-state index is 3.30. The van der Waals surface area contributed by atoms with Gasteiger partial charge in [-0.3, -0.25) is 0 Å². The number of hydrogen-bond donors (Lipinski definition) is 0. The van der Waals surface area contributed by atoms with Crippen molar-refractivity contribution in [3.05, 3.63) is 24.3 Å². The highest BCUT2D eigenvalue weighted by molar-refractivity contribution is 9.09. The van der Waals surface area contributed by atoms with E-state index in [4.69, 9.17) is 0 Å². The fourth-order valence-electron chi connectivity index (χ4n) is 0.471. The highest BCUT2D eigenvalue weighted by Crippen LogP contribution is 1.89. The molecule has 0 spiro atoms. The van der Waals surface area contributed by atoms with Gasteiger partial charge in [0.05, 0.1) is 0 Å². The maximum Gasteiger partial charge on any atom is 0.0215 e. The van der Waals surface area contributed by atoms with Crippen LogP contribution in [-0.2, 0) is 0 Å². The third-order valence-electron chi connectivity index (χ3n) is 0.928. The molecule has 0 aliphatic carbocycles. The SMILES string of the molecule is CCC/C=C/C=C/CBr. The van der Waals surface area contributed by atoms with Crippen molar-refractivity contribution >= 4 is 15.9 Å². The number of rotatable bonds is 4. The minimum atomic E-state index is 0.948. The summed E-state index contributed by atoms with van der Waals surface area (Å²) < 4.78 is 0. The van der Waals surface area contributed by atoms with Crippen LogP contribution in [0.3, 0.4) is 0 Å². The molecule has 0 aliphatic heterocycles. The van der Waals surface area contributed by atoms with E-state index < -0.39 is 0 Å². The average Bonchev–Trinajstić information content (AvgIpc) is 1.89. The van der Waals surface area contributed by atoms with E-state index in [0.717, 1.165) is 5.33 Å². The Balaban J connectivity index is 3.13. The van der Waals surface area contributed by atoms with E-state index in [1.807, 2.05) is 0 Å². The van der Waals surface area contributed by atoms with Crippen molar-refractivity contribution in [2.24, 2.45) is 0 Å². The summed E-state index contributed by atoms with van der Waals surface area (Å²) >= 11 is 3.30. The molecule has 52 valence electrons. The minimum Gasteiger partial charge on any atom is -0.0883 e. The molecule has 0 atom stereocenters. The second-order valence-electron chi connectivity index (χ2n) is 1.80. The lowest BCUT2D eigenvalue weighted by atomic mass is 10.3. The molecule has 0 fully saturated rings. The first-order chi connectivity index (χ1) is 4.41. The fraction of sp³-hybridized carbons (Fsp3) is 0.500. The Labute approximate surface area is 65.8 Å². The van der Waals surface area contributed by atoms with E-state index in [1.165, 1.54) is 12.8 Å². The van der Waals surface area contributed by atoms with Crippen LogP contribution in [0.2, 0.25) is 0 Å².